The van der Waals surface area contributed by atoms with Crippen molar-refractivity contribution in [3.05, 3.63) is 12.4 Å². The number of hydrogen-bond donors (Lipinski definition) is 3. The van der Waals surface area contributed by atoms with Gasteiger partial charge >= 0.3 is 0 Å². The van der Waals surface area contributed by atoms with Crippen molar-refractivity contribution < 1.29 is 8.42 Å². The van der Waals surface area contributed by atoms with Crippen molar-refractivity contribution in [2.75, 3.05) is 37.8 Å². The van der Waals surface area contributed by atoms with Gasteiger partial charge in [-0.1, -0.05) is 0 Å². The van der Waals surface area contributed by atoms with E-state index in [1.807, 2.05) is 38.0 Å². The predicted molar refractivity (Wildman–Crippen MR) is 105 cm³/mol. The Hall–Kier alpha value is -1.81. The molecule has 0 aromatic carbocycles. The fourth-order valence-corrected chi connectivity index (χ4v) is 4.21. The van der Waals surface area contributed by atoms with E-state index in [0.29, 0.717) is 12.5 Å². The monoisotopic (exact) mass is 385 g/mol. The van der Waals surface area contributed by atoms with Crippen molar-refractivity contribution in [1.82, 2.24) is 25.1 Å². The van der Waals surface area contributed by atoms with Gasteiger partial charge in [0.05, 0.1) is 18.1 Å². The zero-order valence-corrected chi connectivity index (χ0v) is 17.1. The SMILES string of the molecule is CN=C(NCC(C)(C)NS(C)(=O)=O)NC1CCCN(c2cnn(C)c2)C1. The largest absolute Gasteiger partial charge is 0.367 e. The molecule has 148 valence electrons. The van der Waals surface area contributed by atoms with E-state index in [-0.39, 0.29) is 6.04 Å². The molecule has 0 saturated carbocycles. The molecule has 1 aromatic rings. The third-order valence-electron chi connectivity index (χ3n) is 4.20. The van der Waals surface area contributed by atoms with Crippen LogP contribution in [-0.4, -0.2) is 68.7 Å². The van der Waals surface area contributed by atoms with E-state index < -0.39 is 15.6 Å². The van der Waals surface area contributed by atoms with Gasteiger partial charge < -0.3 is 15.5 Å². The van der Waals surface area contributed by atoms with E-state index in [2.05, 4.69) is 30.3 Å². The van der Waals surface area contributed by atoms with Gasteiger partial charge in [0.25, 0.3) is 0 Å². The Morgan fingerprint density at radius 3 is 2.77 bits per heavy atom. The van der Waals surface area contributed by atoms with Gasteiger partial charge in [0.2, 0.25) is 10.0 Å². The molecule has 1 unspecified atom stereocenters. The summed E-state index contributed by atoms with van der Waals surface area (Å²) in [4.78, 5) is 6.58. The summed E-state index contributed by atoms with van der Waals surface area (Å²) in [6, 6.07) is 0.265. The van der Waals surface area contributed by atoms with Gasteiger partial charge in [0.1, 0.15) is 0 Å². The second kappa shape index (κ2) is 8.26. The van der Waals surface area contributed by atoms with E-state index in [9.17, 15) is 8.42 Å². The topological polar surface area (TPSA) is 104 Å². The van der Waals surface area contributed by atoms with Gasteiger partial charge in [-0.3, -0.25) is 9.67 Å². The summed E-state index contributed by atoms with van der Waals surface area (Å²) in [5.41, 5.74) is 0.514. The molecule has 2 heterocycles. The molecule has 0 radical (unpaired) electrons. The van der Waals surface area contributed by atoms with Crippen molar-refractivity contribution in [2.45, 2.75) is 38.3 Å². The number of anilines is 1. The molecule has 1 saturated heterocycles. The number of guanidine groups is 1. The molecule has 9 nitrogen and oxygen atoms in total. The molecule has 1 aliphatic heterocycles. The van der Waals surface area contributed by atoms with Crippen LogP contribution >= 0.6 is 0 Å². The van der Waals surface area contributed by atoms with Crippen LogP contribution in [0.15, 0.2) is 17.4 Å². The number of aliphatic imine (C=N–C) groups is 1. The summed E-state index contributed by atoms with van der Waals surface area (Å²) in [5, 5.41) is 10.9. The predicted octanol–water partition coefficient (Wildman–Crippen LogP) is -0.118. The number of rotatable bonds is 6. The highest BCUT2D eigenvalue weighted by Gasteiger charge is 2.24. The molecule has 2 rings (SSSR count). The number of sulfonamides is 1. The van der Waals surface area contributed by atoms with Crippen LogP contribution in [0.4, 0.5) is 5.69 Å². The minimum atomic E-state index is -3.26. The van der Waals surface area contributed by atoms with Crippen LogP contribution in [0.5, 0.6) is 0 Å². The van der Waals surface area contributed by atoms with Crippen LogP contribution in [0.1, 0.15) is 26.7 Å². The number of nitrogens with zero attached hydrogens (tertiary/aromatic N) is 4. The average molecular weight is 386 g/mol. The molecule has 26 heavy (non-hydrogen) atoms. The molecule has 0 amide bonds. The first-order chi connectivity index (χ1) is 12.1. The maximum atomic E-state index is 11.5. The van der Waals surface area contributed by atoms with E-state index in [1.54, 1.807) is 7.05 Å². The van der Waals surface area contributed by atoms with E-state index in [1.165, 1.54) is 0 Å². The number of nitrogens with one attached hydrogen (secondary N) is 3. The Morgan fingerprint density at radius 1 is 1.46 bits per heavy atom. The third-order valence-corrected chi connectivity index (χ3v) is 5.13. The standard InChI is InChI=1S/C16H31N7O2S/c1-16(2,21-26(5,24)25)12-18-15(17-3)20-13-7-6-8-23(10-13)14-9-19-22(4)11-14/h9,11,13,21H,6-8,10,12H2,1-5H3,(H2,17,18,20). The van der Waals surface area contributed by atoms with Gasteiger partial charge in [-0.05, 0) is 26.7 Å². The quantitative estimate of drug-likeness (QED) is 0.466. The number of hydrogen-bond acceptors (Lipinski definition) is 5. The lowest BCUT2D eigenvalue weighted by Crippen LogP contribution is -2.56. The fourth-order valence-electron chi connectivity index (χ4n) is 3.13. The fraction of sp³-hybridized carbons (Fsp3) is 0.750. The highest BCUT2D eigenvalue weighted by atomic mass is 32.2. The Labute approximate surface area is 156 Å². The molecule has 1 aliphatic rings. The first-order valence-electron chi connectivity index (χ1n) is 8.78. The Bertz CT molecular complexity index is 727. The zero-order chi connectivity index (χ0) is 19.4. The van der Waals surface area contributed by atoms with Crippen LogP contribution < -0.4 is 20.3 Å². The van der Waals surface area contributed by atoms with Crippen molar-refractivity contribution in [3.8, 4) is 0 Å². The molecule has 3 N–H and O–H groups in total. The van der Waals surface area contributed by atoms with Crippen molar-refractivity contribution in [2.24, 2.45) is 12.0 Å². The molecular formula is C16H31N7O2S. The maximum Gasteiger partial charge on any atom is 0.209 e. The first kappa shape index (κ1) is 20.5. The number of piperidine rings is 1. The zero-order valence-electron chi connectivity index (χ0n) is 16.3. The Balaban J connectivity index is 1.89. The second-order valence-corrected chi connectivity index (χ2v) is 9.23. The highest BCUT2D eigenvalue weighted by molar-refractivity contribution is 7.88. The molecule has 0 aliphatic carbocycles. The summed E-state index contributed by atoms with van der Waals surface area (Å²) in [6.07, 6.45) is 7.22. The minimum Gasteiger partial charge on any atom is -0.367 e. The lowest BCUT2D eigenvalue weighted by atomic mass is 10.1. The van der Waals surface area contributed by atoms with Crippen LogP contribution in [0.2, 0.25) is 0 Å². The summed E-state index contributed by atoms with van der Waals surface area (Å²) in [7, 11) is 0.370. The van der Waals surface area contributed by atoms with Crippen LogP contribution in [0.3, 0.4) is 0 Å². The molecule has 10 heteroatoms. The van der Waals surface area contributed by atoms with E-state index in [4.69, 9.17) is 0 Å². The van der Waals surface area contributed by atoms with Crippen molar-refractivity contribution in [3.63, 3.8) is 0 Å². The summed E-state index contributed by atoms with van der Waals surface area (Å²) >= 11 is 0. The number of aromatic nitrogens is 2. The molecular weight excluding hydrogens is 354 g/mol. The normalized spacial score (nSPS) is 19.5. The van der Waals surface area contributed by atoms with Crippen molar-refractivity contribution in [1.29, 1.82) is 0 Å². The van der Waals surface area contributed by atoms with Gasteiger partial charge in [-0.15, -0.1) is 0 Å². The maximum absolute atomic E-state index is 11.5. The summed E-state index contributed by atoms with van der Waals surface area (Å²) in [5.74, 6) is 0.673. The van der Waals surface area contributed by atoms with Gasteiger partial charge in [-0.25, -0.2) is 13.1 Å². The molecule has 1 fully saturated rings. The molecule has 0 spiro atoms. The van der Waals surface area contributed by atoms with Crippen LogP contribution in [0.25, 0.3) is 0 Å². The third kappa shape index (κ3) is 6.49. The average Bonchev–Trinajstić information content (AvgIpc) is 2.96. The minimum absolute atomic E-state index is 0.265. The molecule has 1 aromatic heterocycles. The van der Waals surface area contributed by atoms with Gasteiger partial charge in [0, 0.05) is 51.5 Å². The van der Waals surface area contributed by atoms with Gasteiger partial charge in [0.15, 0.2) is 5.96 Å². The number of aryl methyl sites for hydroxylation is 1. The first-order valence-corrected chi connectivity index (χ1v) is 10.7. The summed E-state index contributed by atoms with van der Waals surface area (Å²) < 4.78 is 27.3. The van der Waals surface area contributed by atoms with Crippen molar-refractivity contribution >= 4 is 21.7 Å². The van der Waals surface area contributed by atoms with Gasteiger partial charge in [-0.2, -0.15) is 5.10 Å². The van der Waals surface area contributed by atoms with E-state index >= 15 is 0 Å². The Morgan fingerprint density at radius 2 is 2.19 bits per heavy atom. The Kier molecular flexibility index (Phi) is 6.51. The lowest BCUT2D eigenvalue weighted by Gasteiger charge is -2.35. The highest BCUT2D eigenvalue weighted by Crippen LogP contribution is 2.18. The van der Waals surface area contributed by atoms with Crippen LogP contribution in [-0.2, 0) is 17.1 Å². The molecule has 1 atom stereocenters. The lowest BCUT2D eigenvalue weighted by molar-refractivity contribution is 0.436. The summed E-state index contributed by atoms with van der Waals surface area (Å²) in [6.45, 7) is 5.98. The second-order valence-electron chi connectivity index (χ2n) is 7.49. The van der Waals surface area contributed by atoms with Crippen LogP contribution in [0, 0.1) is 0 Å². The molecule has 0 bridgehead atoms. The smallest absolute Gasteiger partial charge is 0.209 e. The van der Waals surface area contributed by atoms with E-state index in [0.717, 1.165) is 37.9 Å².